The van der Waals surface area contributed by atoms with E-state index in [0.717, 1.165) is 18.6 Å². The van der Waals surface area contributed by atoms with Crippen molar-refractivity contribution in [2.45, 2.75) is 12.5 Å². The third-order valence-corrected chi connectivity index (χ3v) is 3.35. The van der Waals surface area contributed by atoms with Crippen LogP contribution in [0, 0.1) is 11.6 Å². The molecule has 1 aromatic heterocycles. The van der Waals surface area contributed by atoms with Gasteiger partial charge in [0.2, 0.25) is 5.88 Å². The molecule has 1 unspecified atom stereocenters. The molecule has 0 aliphatic carbocycles. The topological polar surface area (TPSA) is 60.5 Å². The Kier molecular flexibility index (Phi) is 4.47. The van der Waals surface area contributed by atoms with Crippen molar-refractivity contribution in [3.05, 3.63) is 53.7 Å². The van der Waals surface area contributed by atoms with E-state index < -0.39 is 17.5 Å². The molecule has 1 fully saturated rings. The summed E-state index contributed by atoms with van der Waals surface area (Å²) in [5, 5.41) is 2.49. The average molecular weight is 320 g/mol. The molecule has 0 bridgehead atoms. The lowest BCUT2D eigenvalue weighted by Gasteiger charge is -2.11. The number of nitrogens with one attached hydrogen (secondary N) is 1. The highest BCUT2D eigenvalue weighted by molar-refractivity contribution is 6.04. The first-order valence-corrected chi connectivity index (χ1v) is 7.08. The molecule has 0 radical (unpaired) electrons. The van der Waals surface area contributed by atoms with E-state index in [2.05, 4.69) is 10.3 Å². The van der Waals surface area contributed by atoms with E-state index in [1.807, 2.05) is 0 Å². The molecule has 0 saturated carbocycles. The molecular weight excluding hydrogens is 306 g/mol. The number of anilines is 1. The first-order valence-electron chi connectivity index (χ1n) is 7.08. The molecule has 120 valence electrons. The van der Waals surface area contributed by atoms with Crippen LogP contribution in [-0.4, -0.2) is 30.2 Å². The number of halogens is 2. The van der Waals surface area contributed by atoms with Crippen molar-refractivity contribution in [3.8, 4) is 5.88 Å². The summed E-state index contributed by atoms with van der Waals surface area (Å²) in [6, 6.07) is 6.15. The van der Waals surface area contributed by atoms with E-state index in [-0.39, 0.29) is 11.8 Å². The van der Waals surface area contributed by atoms with Gasteiger partial charge >= 0.3 is 0 Å². The van der Waals surface area contributed by atoms with Crippen molar-refractivity contribution in [2.75, 3.05) is 18.5 Å². The van der Waals surface area contributed by atoms with Crippen molar-refractivity contribution in [1.82, 2.24) is 4.98 Å². The Hall–Kier alpha value is -2.54. The first-order chi connectivity index (χ1) is 11.1. The number of benzene rings is 1. The van der Waals surface area contributed by atoms with Gasteiger partial charge in [0.15, 0.2) is 11.6 Å². The lowest BCUT2D eigenvalue weighted by atomic mass is 10.2. The van der Waals surface area contributed by atoms with Gasteiger partial charge in [-0.05, 0) is 18.2 Å². The zero-order chi connectivity index (χ0) is 16.2. The van der Waals surface area contributed by atoms with Crippen LogP contribution in [0.4, 0.5) is 14.5 Å². The predicted octanol–water partition coefficient (Wildman–Crippen LogP) is 2.78. The van der Waals surface area contributed by atoms with Gasteiger partial charge in [-0.1, -0.05) is 0 Å². The van der Waals surface area contributed by atoms with E-state index in [0.29, 0.717) is 24.7 Å². The molecule has 2 aromatic rings. The number of carbonyl (C=O) groups is 1. The molecule has 1 N–H and O–H groups in total. The van der Waals surface area contributed by atoms with Gasteiger partial charge in [0.25, 0.3) is 5.91 Å². The summed E-state index contributed by atoms with van der Waals surface area (Å²) in [4.78, 5) is 16.2. The van der Waals surface area contributed by atoms with Crippen LogP contribution in [0.3, 0.4) is 0 Å². The molecule has 1 saturated heterocycles. The summed E-state index contributed by atoms with van der Waals surface area (Å²) in [7, 11) is 0. The Morgan fingerprint density at radius 1 is 1.26 bits per heavy atom. The standard InChI is InChI=1S/C16H14F2N2O3/c17-13-2-1-11(8-14(13)18)20-16(21)10-3-5-19-15(7-10)23-12-4-6-22-9-12/h1-3,5,7-8,12H,4,6,9H2,(H,20,21). The minimum atomic E-state index is -1.03. The molecule has 1 aliphatic rings. The zero-order valence-corrected chi connectivity index (χ0v) is 12.1. The largest absolute Gasteiger partial charge is 0.472 e. The summed E-state index contributed by atoms with van der Waals surface area (Å²) < 4.78 is 36.9. The molecule has 5 nitrogen and oxygen atoms in total. The molecular formula is C16H14F2N2O3. The van der Waals surface area contributed by atoms with Gasteiger partial charge in [0, 0.05) is 36.0 Å². The van der Waals surface area contributed by atoms with Crippen molar-refractivity contribution in [3.63, 3.8) is 0 Å². The molecule has 23 heavy (non-hydrogen) atoms. The zero-order valence-electron chi connectivity index (χ0n) is 12.1. The number of hydrogen-bond donors (Lipinski definition) is 1. The van der Waals surface area contributed by atoms with E-state index in [1.165, 1.54) is 24.4 Å². The van der Waals surface area contributed by atoms with Crippen LogP contribution in [0.25, 0.3) is 0 Å². The Morgan fingerprint density at radius 2 is 2.13 bits per heavy atom. The summed E-state index contributed by atoms with van der Waals surface area (Å²) in [6.07, 6.45) is 2.14. The van der Waals surface area contributed by atoms with Crippen LogP contribution in [0.1, 0.15) is 16.8 Å². The van der Waals surface area contributed by atoms with Gasteiger partial charge in [-0.15, -0.1) is 0 Å². The summed E-state index contributed by atoms with van der Waals surface area (Å²) in [5.74, 6) is -2.14. The van der Waals surface area contributed by atoms with E-state index >= 15 is 0 Å². The van der Waals surface area contributed by atoms with E-state index in [9.17, 15) is 13.6 Å². The molecule has 3 rings (SSSR count). The quantitative estimate of drug-likeness (QED) is 0.941. The fraction of sp³-hybridized carbons (Fsp3) is 0.250. The molecule has 2 heterocycles. The number of amides is 1. The number of pyridine rings is 1. The van der Waals surface area contributed by atoms with E-state index in [4.69, 9.17) is 9.47 Å². The van der Waals surface area contributed by atoms with Gasteiger partial charge in [0.1, 0.15) is 6.10 Å². The lowest BCUT2D eigenvalue weighted by Crippen LogP contribution is -2.17. The van der Waals surface area contributed by atoms with E-state index in [1.54, 1.807) is 0 Å². The maximum atomic E-state index is 13.2. The highest BCUT2D eigenvalue weighted by Gasteiger charge is 2.18. The Labute approximate surface area is 131 Å². The number of nitrogens with zero attached hydrogens (tertiary/aromatic N) is 1. The summed E-state index contributed by atoms with van der Waals surface area (Å²) >= 11 is 0. The number of carbonyl (C=O) groups excluding carboxylic acids is 1. The second kappa shape index (κ2) is 6.70. The highest BCUT2D eigenvalue weighted by atomic mass is 19.2. The number of ether oxygens (including phenoxy) is 2. The monoisotopic (exact) mass is 320 g/mol. The predicted molar refractivity (Wildman–Crippen MR) is 78.4 cm³/mol. The lowest BCUT2D eigenvalue weighted by molar-refractivity contribution is 0.102. The molecule has 1 aliphatic heterocycles. The molecule has 1 aromatic carbocycles. The fourth-order valence-corrected chi connectivity index (χ4v) is 2.17. The van der Waals surface area contributed by atoms with Gasteiger partial charge in [-0.3, -0.25) is 4.79 Å². The number of aromatic nitrogens is 1. The summed E-state index contributed by atoms with van der Waals surface area (Å²) in [6.45, 7) is 1.13. The Balaban J connectivity index is 1.70. The second-order valence-corrected chi connectivity index (χ2v) is 5.07. The van der Waals surface area contributed by atoms with Crippen LogP contribution in [-0.2, 0) is 4.74 Å². The van der Waals surface area contributed by atoms with Crippen molar-refractivity contribution in [1.29, 1.82) is 0 Å². The smallest absolute Gasteiger partial charge is 0.255 e. The van der Waals surface area contributed by atoms with Crippen molar-refractivity contribution < 1.29 is 23.0 Å². The SMILES string of the molecule is O=C(Nc1ccc(F)c(F)c1)c1ccnc(OC2CCOC2)c1. The third kappa shape index (κ3) is 3.81. The van der Waals surface area contributed by atoms with Crippen molar-refractivity contribution in [2.24, 2.45) is 0 Å². The van der Waals surface area contributed by atoms with Gasteiger partial charge < -0.3 is 14.8 Å². The van der Waals surface area contributed by atoms with Crippen LogP contribution in [0.15, 0.2) is 36.5 Å². The van der Waals surface area contributed by atoms with Crippen LogP contribution >= 0.6 is 0 Å². The number of rotatable bonds is 4. The maximum absolute atomic E-state index is 13.2. The Bertz CT molecular complexity index is 718. The third-order valence-electron chi connectivity index (χ3n) is 3.35. The van der Waals surface area contributed by atoms with Gasteiger partial charge in [-0.25, -0.2) is 13.8 Å². The second-order valence-electron chi connectivity index (χ2n) is 5.07. The average Bonchev–Trinajstić information content (AvgIpc) is 3.04. The molecule has 1 amide bonds. The fourth-order valence-electron chi connectivity index (χ4n) is 2.17. The first kappa shape index (κ1) is 15.4. The highest BCUT2D eigenvalue weighted by Crippen LogP contribution is 2.18. The van der Waals surface area contributed by atoms with Crippen LogP contribution < -0.4 is 10.1 Å². The molecule has 7 heteroatoms. The van der Waals surface area contributed by atoms with Crippen LogP contribution in [0.5, 0.6) is 5.88 Å². The van der Waals surface area contributed by atoms with Gasteiger partial charge in [0.05, 0.1) is 13.2 Å². The van der Waals surface area contributed by atoms with Crippen LogP contribution in [0.2, 0.25) is 0 Å². The number of hydrogen-bond acceptors (Lipinski definition) is 4. The van der Waals surface area contributed by atoms with Crippen molar-refractivity contribution >= 4 is 11.6 Å². The molecule has 1 atom stereocenters. The summed E-state index contributed by atoms with van der Waals surface area (Å²) in [5.41, 5.74) is 0.469. The normalized spacial score (nSPS) is 17.0. The maximum Gasteiger partial charge on any atom is 0.255 e. The van der Waals surface area contributed by atoms with Gasteiger partial charge in [-0.2, -0.15) is 0 Å². The minimum absolute atomic E-state index is 0.0768. The Morgan fingerprint density at radius 3 is 2.87 bits per heavy atom. The molecule has 0 spiro atoms. The minimum Gasteiger partial charge on any atom is -0.472 e.